The molecule has 3 nitrogen and oxygen atoms in total. The minimum absolute atomic E-state index is 0.105. The smallest absolute Gasteiger partial charge is 0.130 e. The Balaban J connectivity index is 2.47. The third kappa shape index (κ3) is 5.75. The largest absolute Gasteiger partial charge is 0.494 e. The van der Waals surface area contributed by atoms with E-state index in [2.05, 4.69) is 6.92 Å². The molecule has 0 unspecified atom stereocenters. The average molecular weight is 254 g/mol. The van der Waals surface area contributed by atoms with Crippen molar-refractivity contribution in [3.8, 4) is 17.9 Å². The highest BCUT2D eigenvalue weighted by Crippen LogP contribution is 2.15. The maximum atomic E-state index is 8.66. The van der Waals surface area contributed by atoms with Crippen LogP contribution in [0.5, 0.6) is 5.75 Å². The number of nitrogens with zero attached hydrogens (tertiary/aromatic N) is 2. The molecule has 0 atom stereocenters. The summed E-state index contributed by atoms with van der Waals surface area (Å²) in [5.74, 6) is 0.823. The second kappa shape index (κ2) is 8.78. The van der Waals surface area contributed by atoms with E-state index in [-0.39, 0.29) is 5.57 Å². The Morgan fingerprint density at radius 1 is 1.11 bits per heavy atom. The van der Waals surface area contributed by atoms with E-state index in [1.165, 1.54) is 19.3 Å². The zero-order valence-corrected chi connectivity index (χ0v) is 11.2. The number of unbranched alkanes of at least 4 members (excludes halogenated alkanes) is 3. The standard InChI is InChI=1S/C16H18N2O/c1-2-3-4-5-10-19-16-8-6-14(7-9-16)11-15(12-17)13-18/h6-9,11H,2-5,10H2,1H3. The lowest BCUT2D eigenvalue weighted by molar-refractivity contribution is 0.305. The zero-order valence-electron chi connectivity index (χ0n) is 11.2. The van der Waals surface area contributed by atoms with Gasteiger partial charge in [-0.25, -0.2) is 0 Å². The molecule has 0 spiro atoms. The number of ether oxygens (including phenoxy) is 1. The van der Waals surface area contributed by atoms with Crippen molar-refractivity contribution in [2.75, 3.05) is 6.61 Å². The molecule has 3 heteroatoms. The number of hydrogen-bond donors (Lipinski definition) is 0. The van der Waals surface area contributed by atoms with Gasteiger partial charge >= 0.3 is 0 Å². The number of rotatable bonds is 7. The molecule has 98 valence electrons. The molecule has 1 aromatic carbocycles. The average Bonchev–Trinajstić information content (AvgIpc) is 2.46. The van der Waals surface area contributed by atoms with Gasteiger partial charge in [-0.3, -0.25) is 0 Å². The summed E-state index contributed by atoms with van der Waals surface area (Å²) in [6, 6.07) is 11.1. The fourth-order valence-electron chi connectivity index (χ4n) is 1.64. The van der Waals surface area contributed by atoms with Gasteiger partial charge in [0.15, 0.2) is 0 Å². The number of nitriles is 2. The lowest BCUT2D eigenvalue weighted by Crippen LogP contribution is -1.96. The topological polar surface area (TPSA) is 56.8 Å². The van der Waals surface area contributed by atoms with E-state index in [1.807, 2.05) is 36.4 Å². The first-order valence-electron chi connectivity index (χ1n) is 6.55. The molecule has 19 heavy (non-hydrogen) atoms. The van der Waals surface area contributed by atoms with Crippen LogP contribution in [0.25, 0.3) is 6.08 Å². The van der Waals surface area contributed by atoms with Crippen molar-refractivity contribution in [1.29, 1.82) is 10.5 Å². The van der Waals surface area contributed by atoms with E-state index < -0.39 is 0 Å². The van der Waals surface area contributed by atoms with Gasteiger partial charge in [-0.05, 0) is 30.2 Å². The predicted molar refractivity (Wildman–Crippen MR) is 75.3 cm³/mol. The zero-order chi connectivity index (χ0) is 13.9. The van der Waals surface area contributed by atoms with Crippen LogP contribution >= 0.6 is 0 Å². The van der Waals surface area contributed by atoms with Gasteiger partial charge < -0.3 is 4.74 Å². The summed E-state index contributed by atoms with van der Waals surface area (Å²) in [4.78, 5) is 0. The Bertz CT molecular complexity index is 473. The number of allylic oxidation sites excluding steroid dienone is 1. The molecule has 0 saturated carbocycles. The van der Waals surface area contributed by atoms with Crippen molar-refractivity contribution in [2.45, 2.75) is 32.6 Å². The van der Waals surface area contributed by atoms with Gasteiger partial charge in [0.05, 0.1) is 6.61 Å². The second-order valence-electron chi connectivity index (χ2n) is 4.26. The Morgan fingerprint density at radius 2 is 1.79 bits per heavy atom. The Morgan fingerprint density at radius 3 is 2.37 bits per heavy atom. The molecule has 0 aliphatic rings. The molecule has 0 amide bonds. The molecule has 0 aromatic heterocycles. The normalized spacial score (nSPS) is 9.21. The van der Waals surface area contributed by atoms with E-state index in [9.17, 15) is 0 Å². The van der Waals surface area contributed by atoms with Crippen LogP contribution in [-0.2, 0) is 0 Å². The molecule has 0 radical (unpaired) electrons. The highest BCUT2D eigenvalue weighted by atomic mass is 16.5. The van der Waals surface area contributed by atoms with Gasteiger partial charge in [0, 0.05) is 0 Å². The second-order valence-corrected chi connectivity index (χ2v) is 4.26. The molecule has 1 aromatic rings. The van der Waals surface area contributed by atoms with Crippen LogP contribution in [0.4, 0.5) is 0 Å². The fourth-order valence-corrected chi connectivity index (χ4v) is 1.64. The summed E-state index contributed by atoms with van der Waals surface area (Å²) in [6.07, 6.45) is 6.30. The summed E-state index contributed by atoms with van der Waals surface area (Å²) in [7, 11) is 0. The van der Waals surface area contributed by atoms with Crippen LogP contribution in [0.15, 0.2) is 29.8 Å². The van der Waals surface area contributed by atoms with Crippen LogP contribution in [0.3, 0.4) is 0 Å². The quantitative estimate of drug-likeness (QED) is 0.544. The summed E-state index contributed by atoms with van der Waals surface area (Å²) in [6.45, 7) is 2.92. The summed E-state index contributed by atoms with van der Waals surface area (Å²) >= 11 is 0. The van der Waals surface area contributed by atoms with Crippen molar-refractivity contribution in [3.63, 3.8) is 0 Å². The molecular weight excluding hydrogens is 236 g/mol. The predicted octanol–water partition coefficient (Wildman–Crippen LogP) is 4.08. The molecule has 0 saturated heterocycles. The van der Waals surface area contributed by atoms with Gasteiger partial charge in [0.1, 0.15) is 23.5 Å². The molecule has 0 N–H and O–H groups in total. The lowest BCUT2D eigenvalue weighted by atomic mass is 10.1. The van der Waals surface area contributed by atoms with Crippen LogP contribution in [0.1, 0.15) is 38.2 Å². The summed E-state index contributed by atoms with van der Waals surface area (Å²) < 4.78 is 5.61. The maximum Gasteiger partial charge on any atom is 0.130 e. The molecule has 0 fully saturated rings. The van der Waals surface area contributed by atoms with Crippen molar-refractivity contribution in [2.24, 2.45) is 0 Å². The fraction of sp³-hybridized carbons (Fsp3) is 0.375. The molecule has 0 aliphatic heterocycles. The Hall–Kier alpha value is -2.26. The first-order valence-corrected chi connectivity index (χ1v) is 6.55. The van der Waals surface area contributed by atoms with E-state index >= 15 is 0 Å². The van der Waals surface area contributed by atoms with E-state index in [0.29, 0.717) is 0 Å². The van der Waals surface area contributed by atoms with Gasteiger partial charge in [-0.15, -0.1) is 0 Å². The third-order valence-corrected chi connectivity index (χ3v) is 2.70. The van der Waals surface area contributed by atoms with Crippen LogP contribution in [0, 0.1) is 22.7 Å². The van der Waals surface area contributed by atoms with Crippen molar-refractivity contribution in [3.05, 3.63) is 35.4 Å². The maximum absolute atomic E-state index is 8.66. The lowest BCUT2D eigenvalue weighted by Gasteiger charge is -2.05. The molecule has 0 heterocycles. The minimum atomic E-state index is 0.105. The van der Waals surface area contributed by atoms with Crippen LogP contribution in [-0.4, -0.2) is 6.61 Å². The van der Waals surface area contributed by atoms with E-state index in [4.69, 9.17) is 15.3 Å². The molecule has 1 rings (SSSR count). The highest BCUT2D eigenvalue weighted by molar-refractivity contribution is 5.62. The summed E-state index contributed by atoms with van der Waals surface area (Å²) in [5.41, 5.74) is 0.935. The van der Waals surface area contributed by atoms with Crippen molar-refractivity contribution in [1.82, 2.24) is 0 Å². The van der Waals surface area contributed by atoms with Crippen molar-refractivity contribution < 1.29 is 4.74 Å². The molecule has 0 bridgehead atoms. The van der Waals surface area contributed by atoms with E-state index in [0.717, 1.165) is 24.3 Å². The first kappa shape index (κ1) is 14.8. The highest BCUT2D eigenvalue weighted by Gasteiger charge is 1.96. The SMILES string of the molecule is CCCCCCOc1ccc(C=C(C#N)C#N)cc1. The number of benzene rings is 1. The number of hydrogen-bond acceptors (Lipinski definition) is 3. The van der Waals surface area contributed by atoms with E-state index in [1.54, 1.807) is 6.08 Å². The molecule has 0 aliphatic carbocycles. The third-order valence-electron chi connectivity index (χ3n) is 2.70. The van der Waals surface area contributed by atoms with Crippen LogP contribution < -0.4 is 4.74 Å². The van der Waals surface area contributed by atoms with Gasteiger partial charge in [0.25, 0.3) is 0 Å². The monoisotopic (exact) mass is 254 g/mol. The molecular formula is C16H18N2O. The van der Waals surface area contributed by atoms with Gasteiger partial charge in [-0.1, -0.05) is 38.3 Å². The van der Waals surface area contributed by atoms with Gasteiger partial charge in [0.2, 0.25) is 0 Å². The Kier molecular flexibility index (Phi) is 6.84. The van der Waals surface area contributed by atoms with Crippen LogP contribution in [0.2, 0.25) is 0 Å². The van der Waals surface area contributed by atoms with Gasteiger partial charge in [-0.2, -0.15) is 10.5 Å². The minimum Gasteiger partial charge on any atom is -0.494 e. The summed E-state index contributed by atoms with van der Waals surface area (Å²) in [5, 5.41) is 17.3. The first-order chi connectivity index (χ1) is 9.30. The Labute approximate surface area is 114 Å². The van der Waals surface area contributed by atoms with Crippen molar-refractivity contribution >= 4 is 6.08 Å².